The van der Waals surface area contributed by atoms with E-state index in [1.54, 1.807) is 0 Å². The molecular weight excluding hydrogens is 482 g/mol. The molecule has 1 nitrogen and oxygen atoms in total. The molecule has 1 heteroatoms. The molecule has 0 radical (unpaired) electrons. The Hall–Kier alpha value is -5.45. The Morgan fingerprint density at radius 3 is 1.65 bits per heavy atom. The molecule has 0 aliphatic heterocycles. The first-order valence-electron chi connectivity index (χ1n) is 13.6. The maximum atomic E-state index is 9.23. The predicted molar refractivity (Wildman–Crippen MR) is 167 cm³/mol. The van der Waals surface area contributed by atoms with Crippen molar-refractivity contribution >= 4 is 21.5 Å². The molecule has 0 heterocycles. The van der Waals surface area contributed by atoms with E-state index in [0.717, 1.165) is 11.1 Å². The zero-order chi connectivity index (χ0) is 26.6. The molecule has 1 aliphatic carbocycles. The Balaban J connectivity index is 1.16. The van der Waals surface area contributed by atoms with E-state index < -0.39 is 0 Å². The molecule has 40 heavy (non-hydrogen) atoms. The number of rotatable bonds is 3. The SMILES string of the molecule is N#Cc1cccc(-c2ccc(-c3ccc4cc(-c5ccc6c7c(cccc57)-c5ccccc5-6)ccc4c3)cc2)c1. The molecule has 7 aromatic rings. The topological polar surface area (TPSA) is 23.8 Å². The second-order valence-electron chi connectivity index (χ2n) is 10.5. The fraction of sp³-hybridized carbons (Fsp3) is 0. The lowest BCUT2D eigenvalue weighted by molar-refractivity contribution is 1.48. The number of nitrogens with zero attached hydrogens (tertiary/aromatic N) is 1. The van der Waals surface area contributed by atoms with Crippen LogP contribution in [0.2, 0.25) is 0 Å². The van der Waals surface area contributed by atoms with E-state index in [4.69, 9.17) is 0 Å². The number of benzene rings is 7. The second-order valence-corrected chi connectivity index (χ2v) is 10.5. The summed E-state index contributed by atoms with van der Waals surface area (Å²) in [6.07, 6.45) is 0. The molecule has 184 valence electrons. The van der Waals surface area contributed by atoms with Crippen LogP contribution in [0.4, 0.5) is 0 Å². The van der Waals surface area contributed by atoms with E-state index in [0.29, 0.717) is 5.56 Å². The van der Waals surface area contributed by atoms with Crippen LogP contribution in [-0.2, 0) is 0 Å². The Labute approximate surface area is 233 Å². The minimum atomic E-state index is 0.678. The highest BCUT2D eigenvalue weighted by Crippen LogP contribution is 2.49. The molecule has 7 aromatic carbocycles. The van der Waals surface area contributed by atoms with Gasteiger partial charge in [-0.15, -0.1) is 0 Å². The zero-order valence-corrected chi connectivity index (χ0v) is 21.7. The first kappa shape index (κ1) is 22.5. The summed E-state index contributed by atoms with van der Waals surface area (Å²) in [7, 11) is 0. The van der Waals surface area contributed by atoms with Gasteiger partial charge in [0, 0.05) is 0 Å². The van der Waals surface area contributed by atoms with Crippen molar-refractivity contribution in [2.24, 2.45) is 0 Å². The molecule has 0 atom stereocenters. The summed E-state index contributed by atoms with van der Waals surface area (Å²) in [5.41, 5.74) is 13.1. The third kappa shape index (κ3) is 3.48. The van der Waals surface area contributed by atoms with Crippen molar-refractivity contribution in [2.75, 3.05) is 0 Å². The highest BCUT2D eigenvalue weighted by molar-refractivity contribution is 6.18. The van der Waals surface area contributed by atoms with Crippen molar-refractivity contribution in [3.05, 3.63) is 145 Å². The molecule has 0 N–H and O–H groups in total. The summed E-state index contributed by atoms with van der Waals surface area (Å²) in [4.78, 5) is 0. The normalized spacial score (nSPS) is 11.5. The van der Waals surface area contributed by atoms with Gasteiger partial charge < -0.3 is 0 Å². The molecular formula is C39H23N. The molecule has 0 unspecified atom stereocenters. The molecule has 0 spiro atoms. The van der Waals surface area contributed by atoms with Crippen molar-refractivity contribution in [3.63, 3.8) is 0 Å². The van der Waals surface area contributed by atoms with Crippen LogP contribution >= 0.6 is 0 Å². The van der Waals surface area contributed by atoms with E-state index in [2.05, 4.69) is 121 Å². The van der Waals surface area contributed by atoms with E-state index in [1.807, 2.05) is 24.3 Å². The van der Waals surface area contributed by atoms with E-state index >= 15 is 0 Å². The quantitative estimate of drug-likeness (QED) is 0.234. The van der Waals surface area contributed by atoms with E-state index in [9.17, 15) is 5.26 Å². The third-order valence-electron chi connectivity index (χ3n) is 8.24. The number of nitriles is 1. The van der Waals surface area contributed by atoms with Crippen LogP contribution in [0.5, 0.6) is 0 Å². The van der Waals surface area contributed by atoms with Crippen molar-refractivity contribution in [3.8, 4) is 61.7 Å². The maximum Gasteiger partial charge on any atom is 0.0991 e. The van der Waals surface area contributed by atoms with Crippen LogP contribution in [0.3, 0.4) is 0 Å². The lowest BCUT2D eigenvalue weighted by Crippen LogP contribution is -1.85. The largest absolute Gasteiger partial charge is 0.192 e. The Bertz CT molecular complexity index is 2130. The van der Waals surface area contributed by atoms with Crippen molar-refractivity contribution in [1.29, 1.82) is 5.26 Å². The van der Waals surface area contributed by atoms with Gasteiger partial charge in [-0.2, -0.15) is 5.26 Å². The first-order chi connectivity index (χ1) is 19.8. The van der Waals surface area contributed by atoms with Gasteiger partial charge in [-0.25, -0.2) is 0 Å². The van der Waals surface area contributed by atoms with Crippen LogP contribution < -0.4 is 0 Å². The average molecular weight is 506 g/mol. The fourth-order valence-corrected chi connectivity index (χ4v) is 6.28. The van der Waals surface area contributed by atoms with Crippen molar-refractivity contribution in [1.82, 2.24) is 0 Å². The summed E-state index contributed by atoms with van der Waals surface area (Å²) in [5, 5.41) is 14.4. The van der Waals surface area contributed by atoms with Crippen LogP contribution in [0, 0.1) is 11.3 Å². The van der Waals surface area contributed by atoms with Gasteiger partial charge in [0.1, 0.15) is 0 Å². The summed E-state index contributed by atoms with van der Waals surface area (Å²) in [6, 6.07) is 52.1. The van der Waals surface area contributed by atoms with Crippen LogP contribution in [-0.4, -0.2) is 0 Å². The molecule has 1 aliphatic rings. The van der Waals surface area contributed by atoms with Gasteiger partial charge in [0.15, 0.2) is 0 Å². The summed E-state index contributed by atoms with van der Waals surface area (Å²) >= 11 is 0. The maximum absolute atomic E-state index is 9.23. The predicted octanol–water partition coefficient (Wildman–Crippen LogP) is 10.5. The van der Waals surface area contributed by atoms with Crippen molar-refractivity contribution < 1.29 is 0 Å². The minimum Gasteiger partial charge on any atom is -0.192 e. The van der Waals surface area contributed by atoms with Gasteiger partial charge in [-0.05, 0) is 101 Å². The third-order valence-corrected chi connectivity index (χ3v) is 8.24. The van der Waals surface area contributed by atoms with Gasteiger partial charge in [-0.1, -0.05) is 115 Å². The number of fused-ring (bicyclic) bond motifs is 4. The highest BCUT2D eigenvalue weighted by Gasteiger charge is 2.22. The Morgan fingerprint density at radius 2 is 0.925 bits per heavy atom. The standard InChI is InChI=1S/C39H23N/c40-24-25-5-3-6-28(21-25)26-11-13-27(14-12-26)29-15-16-31-23-32(18-17-30(31)22-29)33-19-20-38-35-8-2-1-7-34(35)37-10-4-9-36(33)39(37)38/h1-23H. The zero-order valence-electron chi connectivity index (χ0n) is 21.7. The molecule has 0 saturated heterocycles. The summed E-state index contributed by atoms with van der Waals surface area (Å²) in [6.45, 7) is 0. The monoisotopic (exact) mass is 505 g/mol. The molecule has 0 bridgehead atoms. The van der Waals surface area contributed by atoms with Gasteiger partial charge in [0.25, 0.3) is 0 Å². The van der Waals surface area contributed by atoms with Gasteiger partial charge in [-0.3, -0.25) is 0 Å². The summed E-state index contributed by atoms with van der Waals surface area (Å²) in [5.74, 6) is 0. The van der Waals surface area contributed by atoms with E-state index in [1.165, 1.54) is 66.1 Å². The molecule has 0 amide bonds. The highest BCUT2D eigenvalue weighted by atomic mass is 14.3. The molecule has 0 fully saturated rings. The molecule has 8 rings (SSSR count). The van der Waals surface area contributed by atoms with Crippen LogP contribution in [0.15, 0.2) is 140 Å². The second kappa shape index (κ2) is 8.80. The fourth-order valence-electron chi connectivity index (χ4n) is 6.28. The van der Waals surface area contributed by atoms with Gasteiger partial charge in [0.05, 0.1) is 11.6 Å². The van der Waals surface area contributed by atoms with Crippen LogP contribution in [0.25, 0.3) is 77.2 Å². The molecule has 0 saturated carbocycles. The number of hydrogen-bond donors (Lipinski definition) is 0. The lowest BCUT2D eigenvalue weighted by Gasteiger charge is -2.11. The first-order valence-corrected chi connectivity index (χ1v) is 13.6. The lowest BCUT2D eigenvalue weighted by atomic mass is 9.92. The van der Waals surface area contributed by atoms with Gasteiger partial charge >= 0.3 is 0 Å². The average Bonchev–Trinajstić information content (AvgIpc) is 3.36. The molecule has 0 aromatic heterocycles. The smallest absolute Gasteiger partial charge is 0.0991 e. The minimum absolute atomic E-state index is 0.678. The Morgan fingerprint density at radius 1 is 0.375 bits per heavy atom. The van der Waals surface area contributed by atoms with Gasteiger partial charge in [0.2, 0.25) is 0 Å². The number of hydrogen-bond acceptors (Lipinski definition) is 1. The summed E-state index contributed by atoms with van der Waals surface area (Å²) < 4.78 is 0. The van der Waals surface area contributed by atoms with Crippen LogP contribution in [0.1, 0.15) is 5.56 Å². The Kier molecular flexibility index (Phi) is 4.96. The van der Waals surface area contributed by atoms with E-state index in [-0.39, 0.29) is 0 Å². The van der Waals surface area contributed by atoms with Crippen molar-refractivity contribution in [2.45, 2.75) is 0 Å².